The second kappa shape index (κ2) is 10.3. The molecule has 0 spiro atoms. The van der Waals surface area contributed by atoms with Crippen molar-refractivity contribution in [3.8, 4) is 17.2 Å². The first kappa shape index (κ1) is 21.9. The van der Waals surface area contributed by atoms with Gasteiger partial charge >= 0.3 is 5.97 Å². The Kier molecular flexibility index (Phi) is 7.54. The number of hydrogen-bond donors (Lipinski definition) is 0. The Hall–Kier alpha value is -2.77. The van der Waals surface area contributed by atoms with Gasteiger partial charge in [0.15, 0.2) is 11.5 Å². The minimum atomic E-state index is -0.300. The molecule has 1 heterocycles. The van der Waals surface area contributed by atoms with Crippen LogP contribution in [-0.4, -0.2) is 70.4 Å². The lowest BCUT2D eigenvalue weighted by Crippen LogP contribution is -2.45. The molecule has 2 aromatic carbocycles. The Morgan fingerprint density at radius 1 is 0.833 bits per heavy atom. The van der Waals surface area contributed by atoms with E-state index in [1.807, 2.05) is 30.3 Å². The Balaban J connectivity index is 1.60. The van der Waals surface area contributed by atoms with E-state index >= 15 is 0 Å². The SMILES string of the molecule is COC(=O)c1cccc(CN2CCN(Cc3ccc(OC)c(OC)c3OC)CC2)c1. The van der Waals surface area contributed by atoms with Gasteiger partial charge in [0.25, 0.3) is 0 Å². The van der Waals surface area contributed by atoms with Crippen LogP contribution in [0.15, 0.2) is 36.4 Å². The number of carbonyl (C=O) groups is 1. The predicted octanol–water partition coefficient (Wildman–Crippen LogP) is 2.82. The highest BCUT2D eigenvalue weighted by Gasteiger charge is 2.21. The fourth-order valence-electron chi connectivity index (χ4n) is 3.81. The van der Waals surface area contributed by atoms with Gasteiger partial charge in [-0.05, 0) is 23.8 Å². The molecule has 0 radical (unpaired) electrons. The predicted molar refractivity (Wildman–Crippen MR) is 114 cm³/mol. The number of rotatable bonds is 8. The van der Waals surface area contributed by atoms with E-state index in [4.69, 9.17) is 18.9 Å². The number of hydrogen-bond acceptors (Lipinski definition) is 7. The van der Waals surface area contributed by atoms with Crippen molar-refractivity contribution >= 4 is 5.97 Å². The Morgan fingerprint density at radius 2 is 1.50 bits per heavy atom. The maximum atomic E-state index is 11.7. The van der Waals surface area contributed by atoms with Crippen LogP contribution in [0.4, 0.5) is 0 Å². The van der Waals surface area contributed by atoms with Crippen LogP contribution in [0, 0.1) is 0 Å². The second-order valence-electron chi connectivity index (χ2n) is 7.24. The molecule has 0 N–H and O–H groups in total. The lowest BCUT2D eigenvalue weighted by molar-refractivity contribution is 0.0600. The van der Waals surface area contributed by atoms with Crippen molar-refractivity contribution in [3.63, 3.8) is 0 Å². The first-order valence-electron chi connectivity index (χ1n) is 9.99. The number of piperazine rings is 1. The van der Waals surface area contributed by atoms with Gasteiger partial charge in [0.1, 0.15) is 0 Å². The highest BCUT2D eigenvalue weighted by molar-refractivity contribution is 5.89. The fourth-order valence-corrected chi connectivity index (χ4v) is 3.81. The molecule has 2 aromatic rings. The minimum absolute atomic E-state index is 0.300. The molecule has 0 unspecified atom stereocenters. The van der Waals surface area contributed by atoms with Gasteiger partial charge in [0.2, 0.25) is 5.75 Å². The molecule has 1 saturated heterocycles. The van der Waals surface area contributed by atoms with Crippen molar-refractivity contribution in [2.75, 3.05) is 54.6 Å². The van der Waals surface area contributed by atoms with Crippen LogP contribution in [0.2, 0.25) is 0 Å². The van der Waals surface area contributed by atoms with Gasteiger partial charge in [-0.15, -0.1) is 0 Å². The van der Waals surface area contributed by atoms with Crippen molar-refractivity contribution in [3.05, 3.63) is 53.1 Å². The van der Waals surface area contributed by atoms with E-state index in [1.54, 1.807) is 27.4 Å². The Labute approximate surface area is 178 Å². The summed E-state index contributed by atoms with van der Waals surface area (Å²) in [5.41, 5.74) is 2.79. The number of esters is 1. The first-order valence-corrected chi connectivity index (χ1v) is 9.99. The van der Waals surface area contributed by atoms with Gasteiger partial charge in [0.05, 0.1) is 34.0 Å². The van der Waals surface area contributed by atoms with Crippen LogP contribution in [0.1, 0.15) is 21.5 Å². The fraction of sp³-hybridized carbons (Fsp3) is 0.435. The normalized spacial score (nSPS) is 14.9. The molecule has 1 aliphatic rings. The zero-order valence-corrected chi connectivity index (χ0v) is 18.1. The molecule has 0 aliphatic carbocycles. The smallest absolute Gasteiger partial charge is 0.337 e. The molecule has 7 heteroatoms. The molecule has 0 bridgehead atoms. The summed E-state index contributed by atoms with van der Waals surface area (Å²) in [5, 5.41) is 0. The first-order chi connectivity index (χ1) is 14.6. The van der Waals surface area contributed by atoms with Gasteiger partial charge in [-0.3, -0.25) is 9.80 Å². The molecule has 1 fully saturated rings. The Morgan fingerprint density at radius 3 is 2.10 bits per heavy atom. The molecular weight excluding hydrogens is 384 g/mol. The summed E-state index contributed by atoms with van der Waals surface area (Å²) >= 11 is 0. The highest BCUT2D eigenvalue weighted by Crippen LogP contribution is 2.40. The average molecular weight is 415 g/mol. The van der Waals surface area contributed by atoms with Gasteiger partial charge in [-0.25, -0.2) is 4.79 Å². The zero-order valence-electron chi connectivity index (χ0n) is 18.1. The number of carbonyl (C=O) groups excluding carboxylic acids is 1. The molecule has 1 aliphatic heterocycles. The number of ether oxygens (including phenoxy) is 4. The van der Waals surface area contributed by atoms with Crippen LogP contribution in [-0.2, 0) is 17.8 Å². The third kappa shape index (κ3) is 5.04. The summed E-state index contributed by atoms with van der Waals surface area (Å²) in [6, 6.07) is 11.6. The lowest BCUT2D eigenvalue weighted by Gasteiger charge is -2.35. The van der Waals surface area contributed by atoms with E-state index in [0.29, 0.717) is 17.1 Å². The van der Waals surface area contributed by atoms with Crippen LogP contribution < -0.4 is 14.2 Å². The van der Waals surface area contributed by atoms with Gasteiger partial charge in [-0.2, -0.15) is 0 Å². The highest BCUT2D eigenvalue weighted by atomic mass is 16.5. The molecule has 162 valence electrons. The average Bonchev–Trinajstić information content (AvgIpc) is 2.79. The van der Waals surface area contributed by atoms with Gasteiger partial charge in [0, 0.05) is 44.8 Å². The van der Waals surface area contributed by atoms with Crippen LogP contribution in [0.5, 0.6) is 17.2 Å². The third-order valence-corrected chi connectivity index (χ3v) is 5.40. The van der Waals surface area contributed by atoms with E-state index in [0.717, 1.165) is 56.1 Å². The van der Waals surface area contributed by atoms with Crippen LogP contribution in [0.3, 0.4) is 0 Å². The van der Waals surface area contributed by atoms with E-state index in [-0.39, 0.29) is 5.97 Å². The number of nitrogens with zero attached hydrogens (tertiary/aromatic N) is 2. The van der Waals surface area contributed by atoms with E-state index in [9.17, 15) is 4.79 Å². The summed E-state index contributed by atoms with van der Waals surface area (Å²) in [4.78, 5) is 16.6. The molecular formula is C23H30N2O5. The van der Waals surface area contributed by atoms with E-state index < -0.39 is 0 Å². The molecule has 0 saturated carbocycles. The summed E-state index contributed by atoms with van der Waals surface area (Å²) in [5.74, 6) is 1.71. The number of methoxy groups -OCH3 is 4. The molecule has 0 atom stereocenters. The van der Waals surface area contributed by atoms with Gasteiger partial charge < -0.3 is 18.9 Å². The number of benzene rings is 2. The van der Waals surface area contributed by atoms with Crippen molar-refractivity contribution < 1.29 is 23.7 Å². The Bertz CT molecular complexity index is 863. The van der Waals surface area contributed by atoms with Crippen LogP contribution >= 0.6 is 0 Å². The van der Waals surface area contributed by atoms with Crippen LogP contribution in [0.25, 0.3) is 0 Å². The molecule has 3 rings (SSSR count). The second-order valence-corrected chi connectivity index (χ2v) is 7.24. The summed E-state index contributed by atoms with van der Waals surface area (Å²) in [7, 11) is 6.30. The standard InChI is InChI=1S/C23H30N2O5/c1-27-20-9-8-19(21(28-2)22(20)29-3)16-25-12-10-24(11-13-25)15-17-6-5-7-18(14-17)23(26)30-4/h5-9,14H,10-13,15-16H2,1-4H3. The maximum Gasteiger partial charge on any atom is 0.337 e. The zero-order chi connectivity index (χ0) is 21.5. The van der Waals surface area contributed by atoms with Gasteiger partial charge in [-0.1, -0.05) is 18.2 Å². The molecule has 7 nitrogen and oxygen atoms in total. The lowest BCUT2D eigenvalue weighted by atomic mass is 10.1. The quantitative estimate of drug-likeness (QED) is 0.616. The molecule has 30 heavy (non-hydrogen) atoms. The monoisotopic (exact) mass is 414 g/mol. The summed E-state index contributed by atoms with van der Waals surface area (Å²) in [6.45, 7) is 5.42. The minimum Gasteiger partial charge on any atom is -0.493 e. The largest absolute Gasteiger partial charge is 0.493 e. The molecule has 0 aromatic heterocycles. The third-order valence-electron chi connectivity index (χ3n) is 5.40. The molecule has 0 amide bonds. The maximum absolute atomic E-state index is 11.7. The van der Waals surface area contributed by atoms with Crippen molar-refractivity contribution in [1.29, 1.82) is 0 Å². The van der Waals surface area contributed by atoms with Crippen molar-refractivity contribution in [2.45, 2.75) is 13.1 Å². The van der Waals surface area contributed by atoms with E-state index in [1.165, 1.54) is 7.11 Å². The van der Waals surface area contributed by atoms with Crippen molar-refractivity contribution in [1.82, 2.24) is 9.80 Å². The van der Waals surface area contributed by atoms with Crippen molar-refractivity contribution in [2.24, 2.45) is 0 Å². The topological polar surface area (TPSA) is 60.5 Å². The summed E-state index contributed by atoms with van der Waals surface area (Å²) < 4.78 is 21.3. The summed E-state index contributed by atoms with van der Waals surface area (Å²) in [6.07, 6.45) is 0. The van der Waals surface area contributed by atoms with E-state index in [2.05, 4.69) is 9.80 Å².